The summed E-state index contributed by atoms with van der Waals surface area (Å²) in [5, 5.41) is 5.15. The molecule has 2 heterocycles. The van der Waals surface area contributed by atoms with Crippen molar-refractivity contribution in [2.75, 3.05) is 45.9 Å². The SMILES string of the molecule is Cc1ccc2cc(CN(CCN3CCOCC3)C(=S)NCCc3ccccc3)c(=O)[nH]c2c1C. The Hall–Kier alpha value is -2.74. The normalized spacial score (nSPS) is 14.3. The van der Waals surface area contributed by atoms with E-state index in [-0.39, 0.29) is 5.56 Å². The van der Waals surface area contributed by atoms with Gasteiger partial charge in [-0.1, -0.05) is 42.5 Å². The number of aryl methyl sites for hydroxylation is 2. The number of nitrogens with zero attached hydrogens (tertiary/aromatic N) is 2. The second-order valence-electron chi connectivity index (χ2n) is 8.94. The van der Waals surface area contributed by atoms with E-state index in [1.54, 1.807) is 0 Å². The van der Waals surface area contributed by atoms with Crippen LogP contribution in [0.5, 0.6) is 0 Å². The maximum Gasteiger partial charge on any atom is 0.253 e. The molecule has 0 aliphatic carbocycles. The van der Waals surface area contributed by atoms with Gasteiger partial charge in [0.15, 0.2) is 5.11 Å². The molecule has 1 aliphatic heterocycles. The van der Waals surface area contributed by atoms with Crippen molar-refractivity contribution in [3.8, 4) is 0 Å². The molecule has 0 atom stereocenters. The highest BCUT2D eigenvalue weighted by Crippen LogP contribution is 2.19. The van der Waals surface area contributed by atoms with Crippen LogP contribution in [-0.4, -0.2) is 65.8 Å². The van der Waals surface area contributed by atoms with Gasteiger partial charge in [-0.3, -0.25) is 9.69 Å². The van der Waals surface area contributed by atoms with Crippen LogP contribution in [0.25, 0.3) is 10.9 Å². The van der Waals surface area contributed by atoms with Gasteiger partial charge in [0.1, 0.15) is 0 Å². The van der Waals surface area contributed by atoms with Gasteiger partial charge in [0.25, 0.3) is 5.56 Å². The maximum atomic E-state index is 13.0. The Balaban J connectivity index is 1.48. The minimum absolute atomic E-state index is 0.0512. The number of fused-ring (bicyclic) bond motifs is 1. The van der Waals surface area contributed by atoms with Gasteiger partial charge >= 0.3 is 0 Å². The summed E-state index contributed by atoms with van der Waals surface area (Å²) in [6, 6.07) is 16.6. The van der Waals surface area contributed by atoms with Crippen LogP contribution in [0.3, 0.4) is 0 Å². The Labute approximate surface area is 206 Å². The molecule has 1 fully saturated rings. The molecule has 0 saturated carbocycles. The summed E-state index contributed by atoms with van der Waals surface area (Å²) < 4.78 is 5.48. The van der Waals surface area contributed by atoms with E-state index in [9.17, 15) is 4.79 Å². The molecule has 0 unspecified atom stereocenters. The van der Waals surface area contributed by atoms with Crippen molar-refractivity contribution in [1.29, 1.82) is 0 Å². The fourth-order valence-corrected chi connectivity index (χ4v) is 4.56. The molecule has 1 saturated heterocycles. The van der Waals surface area contributed by atoms with Crippen LogP contribution >= 0.6 is 12.2 Å². The third kappa shape index (κ3) is 6.23. The van der Waals surface area contributed by atoms with Crippen molar-refractivity contribution in [3.05, 3.63) is 81.1 Å². The Bertz CT molecular complexity index is 1170. The van der Waals surface area contributed by atoms with Crippen LogP contribution in [-0.2, 0) is 17.7 Å². The van der Waals surface area contributed by atoms with Gasteiger partial charge in [0.2, 0.25) is 0 Å². The van der Waals surface area contributed by atoms with Gasteiger partial charge in [-0.15, -0.1) is 0 Å². The van der Waals surface area contributed by atoms with Crippen molar-refractivity contribution in [2.45, 2.75) is 26.8 Å². The standard InChI is InChI=1S/C27H34N4O2S/c1-20-8-9-23-18-24(26(32)29-25(23)21(20)2)19-31(13-12-30-14-16-33-17-15-30)27(34)28-11-10-22-6-4-3-5-7-22/h3-9,18H,10-17,19H2,1-2H3,(H,28,34)(H,29,32). The molecule has 180 valence electrons. The number of nitrogens with one attached hydrogen (secondary N) is 2. The molecule has 7 heteroatoms. The molecule has 3 aromatic rings. The van der Waals surface area contributed by atoms with E-state index in [0.717, 1.165) is 74.4 Å². The lowest BCUT2D eigenvalue weighted by atomic mass is 10.0. The number of H-pyrrole nitrogens is 1. The number of benzene rings is 2. The zero-order valence-corrected chi connectivity index (χ0v) is 20.9. The lowest BCUT2D eigenvalue weighted by Gasteiger charge is -2.31. The Kier molecular flexibility index (Phi) is 8.32. The van der Waals surface area contributed by atoms with Crippen LogP contribution in [0.2, 0.25) is 0 Å². The zero-order chi connectivity index (χ0) is 23.9. The molecule has 1 aromatic heterocycles. The second kappa shape index (κ2) is 11.6. The van der Waals surface area contributed by atoms with E-state index in [2.05, 4.69) is 63.4 Å². The number of ether oxygens (including phenoxy) is 1. The molecule has 2 aromatic carbocycles. The van der Waals surface area contributed by atoms with Crippen LogP contribution in [0.1, 0.15) is 22.3 Å². The maximum absolute atomic E-state index is 13.0. The molecule has 0 radical (unpaired) electrons. The molecule has 34 heavy (non-hydrogen) atoms. The van der Waals surface area contributed by atoms with E-state index in [0.29, 0.717) is 11.7 Å². The van der Waals surface area contributed by atoms with Gasteiger partial charge in [0.05, 0.1) is 25.3 Å². The monoisotopic (exact) mass is 478 g/mol. The fraction of sp³-hybridized carbons (Fsp3) is 0.407. The first-order chi connectivity index (χ1) is 16.5. The van der Waals surface area contributed by atoms with E-state index < -0.39 is 0 Å². The Morgan fingerprint density at radius 1 is 1.15 bits per heavy atom. The van der Waals surface area contributed by atoms with Gasteiger partial charge in [-0.2, -0.15) is 0 Å². The average molecular weight is 479 g/mol. The van der Waals surface area contributed by atoms with Crippen molar-refractivity contribution in [3.63, 3.8) is 0 Å². The summed E-state index contributed by atoms with van der Waals surface area (Å²) >= 11 is 5.79. The van der Waals surface area contributed by atoms with E-state index in [1.165, 1.54) is 11.1 Å². The van der Waals surface area contributed by atoms with Crippen LogP contribution in [0.15, 0.2) is 53.3 Å². The second-order valence-corrected chi connectivity index (χ2v) is 9.33. The number of aromatic nitrogens is 1. The van der Waals surface area contributed by atoms with Crippen molar-refractivity contribution >= 4 is 28.2 Å². The minimum atomic E-state index is -0.0512. The van der Waals surface area contributed by atoms with E-state index in [1.807, 2.05) is 19.1 Å². The van der Waals surface area contributed by atoms with Crippen molar-refractivity contribution in [2.24, 2.45) is 0 Å². The molecule has 6 nitrogen and oxygen atoms in total. The average Bonchev–Trinajstić information content (AvgIpc) is 2.86. The van der Waals surface area contributed by atoms with Gasteiger partial charge < -0.3 is 19.9 Å². The zero-order valence-electron chi connectivity index (χ0n) is 20.1. The molecular weight excluding hydrogens is 444 g/mol. The summed E-state index contributed by atoms with van der Waals surface area (Å²) in [6.07, 6.45) is 0.896. The van der Waals surface area contributed by atoms with Crippen molar-refractivity contribution in [1.82, 2.24) is 20.1 Å². The summed E-state index contributed by atoms with van der Waals surface area (Å²) in [7, 11) is 0. The predicted octanol–water partition coefficient (Wildman–Crippen LogP) is 3.40. The largest absolute Gasteiger partial charge is 0.379 e. The molecule has 0 bridgehead atoms. The fourth-order valence-electron chi connectivity index (χ4n) is 4.30. The summed E-state index contributed by atoms with van der Waals surface area (Å²) in [5.74, 6) is 0. The summed E-state index contributed by atoms with van der Waals surface area (Å²) in [4.78, 5) is 20.6. The molecule has 0 amide bonds. The van der Waals surface area contributed by atoms with Gasteiger partial charge in [0, 0.05) is 38.3 Å². The molecule has 1 aliphatic rings. The number of aromatic amines is 1. The van der Waals surface area contributed by atoms with Crippen LogP contribution in [0.4, 0.5) is 0 Å². The molecule has 4 rings (SSSR count). The minimum Gasteiger partial charge on any atom is -0.379 e. The number of hydrogen-bond donors (Lipinski definition) is 2. The van der Waals surface area contributed by atoms with E-state index in [4.69, 9.17) is 17.0 Å². The highest BCUT2D eigenvalue weighted by atomic mass is 32.1. The summed E-state index contributed by atoms with van der Waals surface area (Å²) in [5.41, 5.74) is 5.15. The third-order valence-corrected chi connectivity index (χ3v) is 7.00. The number of hydrogen-bond acceptors (Lipinski definition) is 4. The summed E-state index contributed by atoms with van der Waals surface area (Å²) in [6.45, 7) is 10.4. The topological polar surface area (TPSA) is 60.6 Å². The quantitative estimate of drug-likeness (QED) is 0.484. The van der Waals surface area contributed by atoms with Crippen LogP contribution in [0, 0.1) is 13.8 Å². The molecule has 0 spiro atoms. The lowest BCUT2D eigenvalue weighted by Crippen LogP contribution is -2.46. The first-order valence-corrected chi connectivity index (χ1v) is 12.4. The lowest BCUT2D eigenvalue weighted by molar-refractivity contribution is 0.0357. The number of thiocarbonyl (C=S) groups is 1. The molecule has 2 N–H and O–H groups in total. The Morgan fingerprint density at radius 2 is 1.91 bits per heavy atom. The molecular formula is C27H34N4O2S. The first-order valence-electron chi connectivity index (χ1n) is 12.0. The first kappa shape index (κ1) is 24.4. The predicted molar refractivity (Wildman–Crippen MR) is 142 cm³/mol. The number of morpholine rings is 1. The highest BCUT2D eigenvalue weighted by Gasteiger charge is 2.17. The smallest absolute Gasteiger partial charge is 0.253 e. The van der Waals surface area contributed by atoms with Crippen LogP contribution < -0.4 is 10.9 Å². The Morgan fingerprint density at radius 3 is 2.68 bits per heavy atom. The number of rotatable bonds is 8. The van der Waals surface area contributed by atoms with Gasteiger partial charge in [-0.05, 0) is 60.6 Å². The van der Waals surface area contributed by atoms with Crippen molar-refractivity contribution < 1.29 is 4.74 Å². The highest BCUT2D eigenvalue weighted by molar-refractivity contribution is 7.80. The van der Waals surface area contributed by atoms with Gasteiger partial charge in [-0.25, -0.2) is 0 Å². The number of pyridine rings is 1. The third-order valence-electron chi connectivity index (χ3n) is 6.60. The van der Waals surface area contributed by atoms with E-state index >= 15 is 0 Å².